The van der Waals surface area contributed by atoms with E-state index in [0.717, 1.165) is 53.9 Å². The number of pyridine rings is 1. The van der Waals surface area contributed by atoms with Gasteiger partial charge in [-0.1, -0.05) is 16.8 Å². The Morgan fingerprint density at radius 2 is 2.03 bits per heavy atom. The number of carbonyl (C=O) groups is 2. The molecule has 6 rings (SSSR count). The summed E-state index contributed by atoms with van der Waals surface area (Å²) in [6, 6.07) is 7.33. The van der Waals surface area contributed by atoms with E-state index in [2.05, 4.69) is 26.7 Å². The average Bonchev–Trinajstić information content (AvgIpc) is 3.33. The van der Waals surface area contributed by atoms with Gasteiger partial charge in [0.25, 0.3) is 5.91 Å². The van der Waals surface area contributed by atoms with E-state index in [0.29, 0.717) is 16.5 Å². The van der Waals surface area contributed by atoms with Crippen LogP contribution in [-0.2, 0) is 4.79 Å². The third kappa shape index (κ3) is 4.13. The van der Waals surface area contributed by atoms with Gasteiger partial charge in [-0.25, -0.2) is 9.67 Å². The molecule has 1 N–H and O–H groups in total. The number of benzene rings is 1. The molecule has 0 bridgehead atoms. The molecular formula is C28H28ClN7O2. The summed E-state index contributed by atoms with van der Waals surface area (Å²) in [4.78, 5) is 31.9. The summed E-state index contributed by atoms with van der Waals surface area (Å²) in [6.07, 6.45) is 5.95. The summed E-state index contributed by atoms with van der Waals surface area (Å²) in [7, 11) is 0. The first-order valence-corrected chi connectivity index (χ1v) is 13.3. The molecule has 3 atom stereocenters. The number of anilines is 1. The molecule has 2 amide bonds. The van der Waals surface area contributed by atoms with Crippen molar-refractivity contribution in [2.45, 2.75) is 58.0 Å². The molecule has 3 aliphatic rings. The summed E-state index contributed by atoms with van der Waals surface area (Å²) in [6.45, 7) is 6.78. The molecule has 0 unspecified atom stereocenters. The molecule has 9 nitrogen and oxygen atoms in total. The number of fused-ring (bicyclic) bond motifs is 1. The number of hydrogen-bond acceptors (Lipinski definition) is 6. The Bertz CT molecular complexity index is 1500. The summed E-state index contributed by atoms with van der Waals surface area (Å²) in [5.74, 6) is 1.52. The first-order valence-electron chi connectivity index (χ1n) is 12.9. The maximum absolute atomic E-state index is 12.9. The SMILES string of the molecule is Cc1c([C@H](C)n2cc(C(=O)NC3CC(c4cc(Cl)ccc4C#N)C3)nn2)cnc(N2C[C@H]3C[C@H]3C2=O)c1C. The number of aromatic nitrogens is 4. The summed E-state index contributed by atoms with van der Waals surface area (Å²) in [5, 5.41) is 21.3. The largest absolute Gasteiger partial charge is 0.348 e. The van der Waals surface area contributed by atoms with Crippen LogP contribution >= 0.6 is 11.6 Å². The summed E-state index contributed by atoms with van der Waals surface area (Å²) >= 11 is 6.12. The van der Waals surface area contributed by atoms with Crippen molar-refractivity contribution in [3.63, 3.8) is 0 Å². The van der Waals surface area contributed by atoms with Gasteiger partial charge in [0.1, 0.15) is 5.82 Å². The molecule has 1 saturated heterocycles. The molecule has 1 aliphatic heterocycles. The number of nitrogens with one attached hydrogen (secondary N) is 1. The van der Waals surface area contributed by atoms with Crippen LogP contribution < -0.4 is 10.2 Å². The molecular weight excluding hydrogens is 502 g/mol. The highest BCUT2D eigenvalue weighted by molar-refractivity contribution is 6.30. The minimum absolute atomic E-state index is 0.00145. The predicted molar refractivity (Wildman–Crippen MR) is 141 cm³/mol. The molecule has 10 heteroatoms. The zero-order chi connectivity index (χ0) is 26.7. The lowest BCUT2D eigenvalue weighted by molar-refractivity contribution is -0.118. The fraction of sp³-hybridized carbons (Fsp3) is 0.429. The van der Waals surface area contributed by atoms with Gasteiger partial charge in [0, 0.05) is 29.7 Å². The van der Waals surface area contributed by atoms with Gasteiger partial charge in [-0.05, 0) is 92.3 Å². The van der Waals surface area contributed by atoms with E-state index in [1.54, 1.807) is 29.2 Å². The minimum Gasteiger partial charge on any atom is -0.348 e. The molecule has 2 saturated carbocycles. The average molecular weight is 530 g/mol. The molecule has 3 aromatic rings. The van der Waals surface area contributed by atoms with Crippen molar-refractivity contribution in [2.24, 2.45) is 11.8 Å². The predicted octanol–water partition coefficient (Wildman–Crippen LogP) is 4.08. The second kappa shape index (κ2) is 9.21. The number of halogens is 1. The normalized spacial score (nSPS) is 24.4. The van der Waals surface area contributed by atoms with Gasteiger partial charge < -0.3 is 5.32 Å². The van der Waals surface area contributed by atoms with Gasteiger partial charge in [-0.3, -0.25) is 14.5 Å². The molecule has 194 valence electrons. The van der Waals surface area contributed by atoms with Crippen molar-refractivity contribution in [3.8, 4) is 6.07 Å². The topological polar surface area (TPSA) is 117 Å². The Hall–Kier alpha value is -3.77. The first-order chi connectivity index (χ1) is 18.2. The highest BCUT2D eigenvalue weighted by Gasteiger charge is 2.53. The molecule has 3 heterocycles. The third-order valence-electron chi connectivity index (χ3n) is 8.47. The van der Waals surface area contributed by atoms with E-state index in [1.165, 1.54) is 0 Å². The van der Waals surface area contributed by atoms with Crippen LogP contribution in [0.1, 0.15) is 76.5 Å². The molecule has 1 aromatic carbocycles. The first kappa shape index (κ1) is 24.6. The van der Waals surface area contributed by atoms with Crippen LogP contribution in [0.25, 0.3) is 0 Å². The van der Waals surface area contributed by atoms with Gasteiger partial charge in [0.05, 0.1) is 23.9 Å². The van der Waals surface area contributed by atoms with Crippen LogP contribution in [0.15, 0.2) is 30.6 Å². The van der Waals surface area contributed by atoms with Crippen molar-refractivity contribution in [1.29, 1.82) is 5.26 Å². The second-order valence-electron chi connectivity index (χ2n) is 10.8. The van der Waals surface area contributed by atoms with Crippen LogP contribution in [0.2, 0.25) is 5.02 Å². The fourth-order valence-corrected chi connectivity index (χ4v) is 5.98. The number of piperidine rings is 1. The second-order valence-corrected chi connectivity index (χ2v) is 11.2. The van der Waals surface area contributed by atoms with Gasteiger partial charge in [0.2, 0.25) is 5.91 Å². The van der Waals surface area contributed by atoms with E-state index in [9.17, 15) is 14.9 Å². The van der Waals surface area contributed by atoms with Gasteiger partial charge in [-0.2, -0.15) is 5.26 Å². The third-order valence-corrected chi connectivity index (χ3v) is 8.71. The van der Waals surface area contributed by atoms with Crippen LogP contribution in [0.5, 0.6) is 0 Å². The van der Waals surface area contributed by atoms with Crippen molar-refractivity contribution < 1.29 is 9.59 Å². The van der Waals surface area contributed by atoms with E-state index in [1.807, 2.05) is 31.7 Å². The number of rotatable bonds is 6. The molecule has 2 aromatic heterocycles. The van der Waals surface area contributed by atoms with Crippen molar-refractivity contribution in [2.75, 3.05) is 11.4 Å². The van der Waals surface area contributed by atoms with Crippen LogP contribution in [-0.4, -0.2) is 44.4 Å². The van der Waals surface area contributed by atoms with E-state index >= 15 is 0 Å². The molecule has 3 fully saturated rings. The van der Waals surface area contributed by atoms with E-state index < -0.39 is 0 Å². The monoisotopic (exact) mass is 529 g/mol. The lowest BCUT2D eigenvalue weighted by Gasteiger charge is -2.36. The van der Waals surface area contributed by atoms with Crippen molar-refractivity contribution in [3.05, 3.63) is 69.1 Å². The maximum atomic E-state index is 12.9. The van der Waals surface area contributed by atoms with E-state index in [-0.39, 0.29) is 41.4 Å². The lowest BCUT2D eigenvalue weighted by atomic mass is 9.74. The fourth-order valence-electron chi connectivity index (χ4n) is 5.80. The quantitative estimate of drug-likeness (QED) is 0.514. The Morgan fingerprint density at radius 3 is 2.74 bits per heavy atom. The molecule has 0 spiro atoms. The summed E-state index contributed by atoms with van der Waals surface area (Å²) in [5.41, 5.74) is 4.81. The number of carbonyl (C=O) groups excluding carboxylic acids is 2. The van der Waals surface area contributed by atoms with Gasteiger partial charge in [-0.15, -0.1) is 5.10 Å². The Kier molecular flexibility index (Phi) is 5.95. The minimum atomic E-state index is -0.272. The van der Waals surface area contributed by atoms with Gasteiger partial charge >= 0.3 is 0 Å². The van der Waals surface area contributed by atoms with Gasteiger partial charge in [0.15, 0.2) is 5.69 Å². The number of nitriles is 1. The number of amides is 2. The van der Waals surface area contributed by atoms with Crippen molar-refractivity contribution >= 4 is 29.2 Å². The number of hydrogen-bond donors (Lipinski definition) is 1. The van der Waals surface area contributed by atoms with Crippen LogP contribution in [0.3, 0.4) is 0 Å². The Morgan fingerprint density at radius 1 is 1.24 bits per heavy atom. The smallest absolute Gasteiger partial charge is 0.273 e. The van der Waals surface area contributed by atoms with Crippen LogP contribution in [0, 0.1) is 37.0 Å². The maximum Gasteiger partial charge on any atom is 0.273 e. The van der Waals surface area contributed by atoms with Crippen molar-refractivity contribution in [1.82, 2.24) is 25.3 Å². The zero-order valence-electron chi connectivity index (χ0n) is 21.5. The lowest BCUT2D eigenvalue weighted by Crippen LogP contribution is -2.43. The highest BCUT2D eigenvalue weighted by Crippen LogP contribution is 2.47. The highest BCUT2D eigenvalue weighted by atomic mass is 35.5. The Balaban J connectivity index is 1.11. The van der Waals surface area contributed by atoms with E-state index in [4.69, 9.17) is 11.6 Å². The molecule has 2 aliphatic carbocycles. The summed E-state index contributed by atoms with van der Waals surface area (Å²) < 4.78 is 1.67. The Labute approximate surface area is 225 Å². The number of nitrogens with zero attached hydrogens (tertiary/aromatic N) is 6. The van der Waals surface area contributed by atoms with Crippen LogP contribution in [0.4, 0.5) is 5.82 Å². The zero-order valence-corrected chi connectivity index (χ0v) is 22.2. The standard InChI is InChI=1S/C28H28ClN7O2/c1-14-15(2)26(35-12-19-8-23(19)28(35)38)31-11-24(14)16(3)36-13-25(33-34-36)27(37)32-21-6-18(7-21)22-9-20(29)5-4-17(22)10-30/h4-5,9,11,13,16,18-19,21,23H,6-8,12H2,1-3H3,(H,32,37)/t16-,18?,19+,21?,23+/m0/s1. The molecule has 38 heavy (non-hydrogen) atoms. The molecule has 0 radical (unpaired) electrons.